The van der Waals surface area contributed by atoms with Crippen LogP contribution in [-0.2, 0) is 9.59 Å². The maximum atomic E-state index is 12.5. The fraction of sp³-hybridized carbons (Fsp3) is 0.333. The number of benzene rings is 2. The van der Waals surface area contributed by atoms with Gasteiger partial charge in [0, 0.05) is 43.0 Å². The van der Waals surface area contributed by atoms with Crippen molar-refractivity contribution in [1.82, 2.24) is 10.2 Å². The molecule has 0 saturated carbocycles. The van der Waals surface area contributed by atoms with Crippen LogP contribution in [-0.4, -0.2) is 63.2 Å². The highest BCUT2D eigenvalue weighted by molar-refractivity contribution is 6.30. The second-order valence-corrected chi connectivity index (χ2v) is 7.68. The maximum Gasteiger partial charge on any atom is 0.244 e. The number of amides is 2. The molecule has 1 fully saturated rings. The van der Waals surface area contributed by atoms with Crippen molar-refractivity contribution in [3.63, 3.8) is 0 Å². The molecule has 0 spiro atoms. The van der Waals surface area contributed by atoms with Gasteiger partial charge in [0.2, 0.25) is 11.8 Å². The van der Waals surface area contributed by atoms with Crippen LogP contribution < -0.4 is 19.7 Å². The molecule has 7 nitrogen and oxygen atoms in total. The van der Waals surface area contributed by atoms with Gasteiger partial charge in [-0.3, -0.25) is 9.59 Å². The predicted molar refractivity (Wildman–Crippen MR) is 126 cm³/mol. The van der Waals surface area contributed by atoms with Crippen LogP contribution in [0.2, 0.25) is 5.02 Å². The normalized spacial score (nSPS) is 13.8. The highest BCUT2D eigenvalue weighted by atomic mass is 35.5. The Morgan fingerprint density at radius 2 is 1.88 bits per heavy atom. The number of nitrogens with one attached hydrogen (secondary N) is 1. The smallest absolute Gasteiger partial charge is 0.244 e. The van der Waals surface area contributed by atoms with E-state index in [1.165, 1.54) is 6.08 Å². The summed E-state index contributed by atoms with van der Waals surface area (Å²) in [6.45, 7) is 5.02. The number of anilines is 1. The minimum atomic E-state index is -0.329. The van der Waals surface area contributed by atoms with Crippen molar-refractivity contribution >= 4 is 35.2 Å². The minimum Gasteiger partial charge on any atom is -0.493 e. The van der Waals surface area contributed by atoms with Crippen molar-refractivity contribution in [1.29, 1.82) is 0 Å². The van der Waals surface area contributed by atoms with Gasteiger partial charge in [-0.25, -0.2) is 0 Å². The van der Waals surface area contributed by atoms with Gasteiger partial charge in [0.15, 0.2) is 11.5 Å². The fourth-order valence-electron chi connectivity index (χ4n) is 3.46. The number of nitrogens with zero attached hydrogens (tertiary/aromatic N) is 2. The lowest BCUT2D eigenvalue weighted by Gasteiger charge is -2.36. The first kappa shape index (κ1) is 23.5. The first-order valence-electron chi connectivity index (χ1n) is 10.5. The fourth-order valence-corrected chi connectivity index (χ4v) is 3.64. The SMILES string of the molecule is CCOc1cc(/C=C/C(=O)NCC(=O)N2CCN(c3cccc(Cl)c3)CC2)ccc1OC. The van der Waals surface area contributed by atoms with E-state index < -0.39 is 0 Å². The van der Waals surface area contributed by atoms with Crippen LogP contribution in [0, 0.1) is 0 Å². The van der Waals surface area contributed by atoms with E-state index in [0.29, 0.717) is 36.2 Å². The topological polar surface area (TPSA) is 71.1 Å². The molecule has 8 heteroatoms. The Bertz CT molecular complexity index is 971. The largest absolute Gasteiger partial charge is 0.493 e. The lowest BCUT2D eigenvalue weighted by Crippen LogP contribution is -2.51. The molecule has 0 atom stereocenters. The van der Waals surface area contributed by atoms with Crippen LogP contribution >= 0.6 is 11.6 Å². The Labute approximate surface area is 193 Å². The van der Waals surface area contributed by atoms with Crippen molar-refractivity contribution in [3.05, 3.63) is 59.1 Å². The average molecular weight is 458 g/mol. The molecule has 0 aliphatic carbocycles. The molecular formula is C24H28ClN3O4. The summed E-state index contributed by atoms with van der Waals surface area (Å²) in [6.07, 6.45) is 3.08. The third-order valence-electron chi connectivity index (χ3n) is 5.13. The monoisotopic (exact) mass is 457 g/mol. The molecule has 1 saturated heterocycles. The van der Waals surface area contributed by atoms with E-state index in [9.17, 15) is 9.59 Å². The molecular weight excluding hydrogens is 430 g/mol. The van der Waals surface area contributed by atoms with Gasteiger partial charge in [0.05, 0.1) is 20.3 Å². The first-order valence-corrected chi connectivity index (χ1v) is 10.9. The standard InChI is InChI=1S/C24H28ClN3O4/c1-3-32-22-15-18(7-9-21(22)31-2)8-10-23(29)26-17-24(30)28-13-11-27(12-14-28)20-6-4-5-19(25)16-20/h4-10,15-16H,3,11-14,17H2,1-2H3,(H,26,29)/b10-8+. The van der Waals surface area contributed by atoms with E-state index >= 15 is 0 Å². The zero-order valence-electron chi connectivity index (χ0n) is 18.3. The summed E-state index contributed by atoms with van der Waals surface area (Å²) in [5, 5.41) is 3.35. The van der Waals surface area contributed by atoms with Crippen molar-refractivity contribution in [3.8, 4) is 11.5 Å². The third-order valence-corrected chi connectivity index (χ3v) is 5.37. The molecule has 3 rings (SSSR count). The number of hydrogen-bond donors (Lipinski definition) is 1. The Kier molecular flexibility index (Phi) is 8.39. The Hall–Kier alpha value is -3.19. The zero-order chi connectivity index (χ0) is 22.9. The summed E-state index contributed by atoms with van der Waals surface area (Å²) >= 11 is 6.07. The molecule has 0 bridgehead atoms. The van der Waals surface area contributed by atoms with Crippen molar-refractivity contribution in [2.24, 2.45) is 0 Å². The van der Waals surface area contributed by atoms with E-state index in [2.05, 4.69) is 10.2 Å². The molecule has 1 aliphatic rings. The number of hydrogen-bond acceptors (Lipinski definition) is 5. The molecule has 32 heavy (non-hydrogen) atoms. The molecule has 2 aromatic carbocycles. The summed E-state index contributed by atoms with van der Waals surface area (Å²) < 4.78 is 10.8. The molecule has 1 heterocycles. The van der Waals surface area contributed by atoms with Crippen molar-refractivity contribution in [2.45, 2.75) is 6.92 Å². The van der Waals surface area contributed by atoms with Gasteiger partial charge in [-0.2, -0.15) is 0 Å². The molecule has 0 unspecified atom stereocenters. The zero-order valence-corrected chi connectivity index (χ0v) is 19.1. The minimum absolute atomic E-state index is 0.0346. The maximum absolute atomic E-state index is 12.5. The number of carbonyl (C=O) groups is 2. The van der Waals surface area contributed by atoms with Crippen LogP contribution in [0.5, 0.6) is 11.5 Å². The van der Waals surface area contributed by atoms with Crippen LogP contribution in [0.3, 0.4) is 0 Å². The van der Waals surface area contributed by atoms with E-state index in [1.807, 2.05) is 37.3 Å². The summed E-state index contributed by atoms with van der Waals surface area (Å²) in [4.78, 5) is 28.6. The van der Waals surface area contributed by atoms with Crippen molar-refractivity contribution < 1.29 is 19.1 Å². The molecule has 1 aliphatic heterocycles. The van der Waals surface area contributed by atoms with E-state index in [0.717, 1.165) is 24.3 Å². The van der Waals surface area contributed by atoms with Gasteiger partial charge in [0.1, 0.15) is 0 Å². The van der Waals surface area contributed by atoms with Gasteiger partial charge in [-0.05, 0) is 48.9 Å². The van der Waals surface area contributed by atoms with Gasteiger partial charge < -0.3 is 24.6 Å². The summed E-state index contributed by atoms with van der Waals surface area (Å²) in [7, 11) is 1.58. The highest BCUT2D eigenvalue weighted by Gasteiger charge is 2.21. The quantitative estimate of drug-likeness (QED) is 0.616. The van der Waals surface area contributed by atoms with Crippen LogP contribution in [0.25, 0.3) is 6.08 Å². The molecule has 0 radical (unpaired) electrons. The summed E-state index contributed by atoms with van der Waals surface area (Å²) in [6, 6.07) is 13.1. The van der Waals surface area contributed by atoms with Gasteiger partial charge >= 0.3 is 0 Å². The molecule has 170 valence electrons. The Morgan fingerprint density at radius 1 is 1.09 bits per heavy atom. The number of halogens is 1. The lowest BCUT2D eigenvalue weighted by molar-refractivity contribution is -0.132. The van der Waals surface area contributed by atoms with Crippen LogP contribution in [0.4, 0.5) is 5.69 Å². The van der Waals surface area contributed by atoms with Gasteiger partial charge in [-0.15, -0.1) is 0 Å². The van der Waals surface area contributed by atoms with Gasteiger partial charge in [-0.1, -0.05) is 23.7 Å². The van der Waals surface area contributed by atoms with E-state index in [-0.39, 0.29) is 18.4 Å². The number of piperazine rings is 1. The van der Waals surface area contributed by atoms with Crippen LogP contribution in [0.15, 0.2) is 48.5 Å². The van der Waals surface area contributed by atoms with Crippen molar-refractivity contribution in [2.75, 3.05) is 51.3 Å². The number of methoxy groups -OCH3 is 1. The van der Waals surface area contributed by atoms with Gasteiger partial charge in [0.25, 0.3) is 0 Å². The molecule has 0 aromatic heterocycles. The number of rotatable bonds is 8. The lowest BCUT2D eigenvalue weighted by atomic mass is 10.2. The van der Waals surface area contributed by atoms with E-state index in [1.54, 1.807) is 30.2 Å². The summed E-state index contributed by atoms with van der Waals surface area (Å²) in [5.41, 5.74) is 1.85. The Balaban J connectivity index is 1.46. The predicted octanol–water partition coefficient (Wildman–Crippen LogP) is 3.23. The molecule has 2 amide bonds. The average Bonchev–Trinajstić information content (AvgIpc) is 2.81. The van der Waals surface area contributed by atoms with Crippen LogP contribution in [0.1, 0.15) is 12.5 Å². The molecule has 2 aromatic rings. The summed E-state index contributed by atoms with van der Waals surface area (Å²) in [5.74, 6) is 0.824. The van der Waals surface area contributed by atoms with E-state index in [4.69, 9.17) is 21.1 Å². The second kappa shape index (κ2) is 11.4. The first-order chi connectivity index (χ1) is 15.5. The number of carbonyl (C=O) groups excluding carboxylic acids is 2. The highest BCUT2D eigenvalue weighted by Crippen LogP contribution is 2.28. The number of ether oxygens (including phenoxy) is 2. The Morgan fingerprint density at radius 3 is 2.56 bits per heavy atom. The third kappa shape index (κ3) is 6.40. The molecule has 1 N–H and O–H groups in total. The second-order valence-electron chi connectivity index (χ2n) is 7.24.